The van der Waals surface area contributed by atoms with Gasteiger partial charge in [0, 0.05) is 58.3 Å². The summed E-state index contributed by atoms with van der Waals surface area (Å²) in [5.41, 5.74) is 2.17. The zero-order valence-electron chi connectivity index (χ0n) is 17.8. The summed E-state index contributed by atoms with van der Waals surface area (Å²) in [5, 5.41) is 6.49. The van der Waals surface area contributed by atoms with Crippen molar-refractivity contribution in [1.82, 2.24) is 15.6 Å². The molecule has 1 saturated heterocycles. The fourth-order valence-corrected chi connectivity index (χ4v) is 3.36. The molecule has 1 aliphatic rings. The molecule has 0 amide bonds. The number of piperazine rings is 1. The molecule has 0 spiro atoms. The largest absolute Gasteiger partial charge is 0.383 e. The van der Waals surface area contributed by atoms with Gasteiger partial charge >= 0.3 is 0 Å². The van der Waals surface area contributed by atoms with Gasteiger partial charge in [-0.1, -0.05) is 0 Å². The van der Waals surface area contributed by atoms with Crippen molar-refractivity contribution < 1.29 is 9.13 Å². The molecule has 3 rings (SSSR count). The van der Waals surface area contributed by atoms with Crippen molar-refractivity contribution in [3.8, 4) is 0 Å². The number of hydrogen-bond acceptors (Lipinski definition) is 5. The normalized spacial score (nSPS) is 14.7. The maximum atomic E-state index is 13.2. The third-order valence-corrected chi connectivity index (χ3v) is 4.97. The Morgan fingerprint density at radius 3 is 2.53 bits per heavy atom. The molecular weight excluding hydrogens is 383 g/mol. The summed E-state index contributed by atoms with van der Waals surface area (Å²) in [6, 6.07) is 10.8. The maximum absolute atomic E-state index is 13.2. The Morgan fingerprint density at radius 1 is 1.10 bits per heavy atom. The molecular formula is C22H31FN6O. The number of halogens is 1. The molecule has 1 aliphatic heterocycles. The van der Waals surface area contributed by atoms with E-state index in [1.807, 2.05) is 31.3 Å². The zero-order chi connectivity index (χ0) is 21.2. The number of anilines is 2. The van der Waals surface area contributed by atoms with E-state index in [2.05, 4.69) is 36.5 Å². The van der Waals surface area contributed by atoms with Gasteiger partial charge in [-0.15, -0.1) is 0 Å². The molecule has 0 saturated carbocycles. The molecule has 1 aromatic heterocycles. The highest BCUT2D eigenvalue weighted by Crippen LogP contribution is 2.20. The van der Waals surface area contributed by atoms with Crippen LogP contribution < -0.4 is 20.4 Å². The lowest BCUT2D eigenvalue weighted by Crippen LogP contribution is -2.46. The van der Waals surface area contributed by atoms with Gasteiger partial charge in [0.2, 0.25) is 0 Å². The van der Waals surface area contributed by atoms with Gasteiger partial charge in [0.05, 0.1) is 13.2 Å². The van der Waals surface area contributed by atoms with E-state index in [0.717, 1.165) is 55.8 Å². The molecule has 30 heavy (non-hydrogen) atoms. The van der Waals surface area contributed by atoms with Crippen LogP contribution in [0.5, 0.6) is 0 Å². The number of guanidine groups is 1. The molecule has 162 valence electrons. The van der Waals surface area contributed by atoms with E-state index in [1.165, 1.54) is 12.1 Å². The van der Waals surface area contributed by atoms with Crippen LogP contribution in [0, 0.1) is 5.82 Å². The molecule has 0 radical (unpaired) electrons. The van der Waals surface area contributed by atoms with Gasteiger partial charge in [-0.05, 0) is 48.9 Å². The van der Waals surface area contributed by atoms with E-state index < -0.39 is 0 Å². The van der Waals surface area contributed by atoms with E-state index in [4.69, 9.17) is 4.74 Å². The van der Waals surface area contributed by atoms with Gasteiger partial charge in [0.25, 0.3) is 0 Å². The predicted octanol–water partition coefficient (Wildman–Crippen LogP) is 2.25. The number of nitrogens with zero attached hydrogens (tertiary/aromatic N) is 4. The van der Waals surface area contributed by atoms with Crippen LogP contribution >= 0.6 is 0 Å². The van der Waals surface area contributed by atoms with Crippen LogP contribution in [0.3, 0.4) is 0 Å². The second kappa shape index (κ2) is 11.3. The highest BCUT2D eigenvalue weighted by molar-refractivity contribution is 5.79. The number of pyridine rings is 1. The van der Waals surface area contributed by atoms with Crippen molar-refractivity contribution in [2.45, 2.75) is 13.5 Å². The van der Waals surface area contributed by atoms with Crippen molar-refractivity contribution in [2.24, 2.45) is 4.99 Å². The lowest BCUT2D eigenvalue weighted by molar-refractivity contribution is 0.203. The van der Waals surface area contributed by atoms with Crippen LogP contribution in [0.2, 0.25) is 0 Å². The van der Waals surface area contributed by atoms with E-state index >= 15 is 0 Å². The number of ether oxygens (including phenoxy) is 1. The summed E-state index contributed by atoms with van der Waals surface area (Å²) in [4.78, 5) is 13.8. The summed E-state index contributed by atoms with van der Waals surface area (Å²) < 4.78 is 18.2. The molecule has 0 unspecified atom stereocenters. The first kappa shape index (κ1) is 21.8. The van der Waals surface area contributed by atoms with Crippen molar-refractivity contribution in [2.75, 3.05) is 62.8 Å². The quantitative estimate of drug-likeness (QED) is 0.392. The van der Waals surface area contributed by atoms with Crippen LogP contribution in [0.1, 0.15) is 12.5 Å². The van der Waals surface area contributed by atoms with Gasteiger partial charge in [-0.2, -0.15) is 0 Å². The Morgan fingerprint density at radius 2 is 1.83 bits per heavy atom. The third kappa shape index (κ3) is 6.32. The van der Waals surface area contributed by atoms with Crippen LogP contribution in [0.25, 0.3) is 0 Å². The van der Waals surface area contributed by atoms with Crippen molar-refractivity contribution in [3.63, 3.8) is 0 Å². The van der Waals surface area contributed by atoms with Gasteiger partial charge in [0.1, 0.15) is 11.6 Å². The minimum atomic E-state index is -0.202. The highest BCUT2D eigenvalue weighted by atomic mass is 19.1. The summed E-state index contributed by atoms with van der Waals surface area (Å²) in [6.07, 6.45) is 1.85. The number of nitrogens with one attached hydrogen (secondary N) is 2. The second-order valence-electron chi connectivity index (χ2n) is 7.09. The van der Waals surface area contributed by atoms with Gasteiger partial charge in [-0.25, -0.2) is 14.4 Å². The first-order valence-electron chi connectivity index (χ1n) is 10.4. The molecule has 0 atom stereocenters. The lowest BCUT2D eigenvalue weighted by atomic mass is 10.2. The van der Waals surface area contributed by atoms with E-state index in [-0.39, 0.29) is 5.82 Å². The minimum absolute atomic E-state index is 0.202. The van der Waals surface area contributed by atoms with Gasteiger partial charge in [0.15, 0.2) is 5.96 Å². The lowest BCUT2D eigenvalue weighted by Gasteiger charge is -2.36. The average molecular weight is 415 g/mol. The monoisotopic (exact) mass is 414 g/mol. The smallest absolute Gasteiger partial charge is 0.191 e. The Kier molecular flexibility index (Phi) is 8.26. The molecule has 0 bridgehead atoms. The van der Waals surface area contributed by atoms with Gasteiger partial charge < -0.3 is 25.2 Å². The number of aromatic nitrogens is 1. The van der Waals surface area contributed by atoms with E-state index in [0.29, 0.717) is 19.7 Å². The molecule has 2 aromatic rings. The molecule has 7 nitrogen and oxygen atoms in total. The number of methoxy groups -OCH3 is 1. The number of hydrogen-bond donors (Lipinski definition) is 2. The average Bonchev–Trinajstić information content (AvgIpc) is 2.78. The number of rotatable bonds is 8. The summed E-state index contributed by atoms with van der Waals surface area (Å²) in [5.74, 6) is 1.55. The van der Waals surface area contributed by atoms with E-state index in [1.54, 1.807) is 7.11 Å². The SMILES string of the molecule is CCNC(=NCc1ccnc(N2CCN(c3ccc(F)cc3)CC2)c1)NCCOC. The Balaban J connectivity index is 1.57. The zero-order valence-corrected chi connectivity index (χ0v) is 17.8. The highest BCUT2D eigenvalue weighted by Gasteiger charge is 2.18. The molecule has 8 heteroatoms. The van der Waals surface area contributed by atoms with Crippen molar-refractivity contribution in [1.29, 1.82) is 0 Å². The molecule has 1 fully saturated rings. The summed E-state index contributed by atoms with van der Waals surface area (Å²) in [7, 11) is 1.68. The standard InChI is InChI=1S/C22H31FN6O/c1-3-24-22(26-10-15-30-2)27-17-18-8-9-25-21(16-18)29-13-11-28(12-14-29)20-6-4-19(23)5-7-20/h4-9,16H,3,10-15,17H2,1-2H3,(H2,24,26,27). The molecule has 0 aliphatic carbocycles. The van der Waals surface area contributed by atoms with Crippen molar-refractivity contribution in [3.05, 3.63) is 54.0 Å². The predicted molar refractivity (Wildman–Crippen MR) is 120 cm³/mol. The van der Waals surface area contributed by atoms with Crippen LogP contribution in [0.15, 0.2) is 47.6 Å². The second-order valence-corrected chi connectivity index (χ2v) is 7.09. The van der Waals surface area contributed by atoms with Crippen LogP contribution in [-0.4, -0.2) is 63.9 Å². The van der Waals surface area contributed by atoms with Gasteiger partial charge in [-0.3, -0.25) is 0 Å². The number of benzene rings is 1. The Bertz CT molecular complexity index is 806. The van der Waals surface area contributed by atoms with E-state index in [9.17, 15) is 4.39 Å². The van der Waals surface area contributed by atoms with Crippen LogP contribution in [0.4, 0.5) is 15.9 Å². The third-order valence-electron chi connectivity index (χ3n) is 4.97. The molecule has 2 heterocycles. The summed E-state index contributed by atoms with van der Waals surface area (Å²) >= 11 is 0. The first-order valence-corrected chi connectivity index (χ1v) is 10.4. The number of aliphatic imine (C=N–C) groups is 1. The fourth-order valence-electron chi connectivity index (χ4n) is 3.36. The summed E-state index contributed by atoms with van der Waals surface area (Å²) in [6.45, 7) is 8.27. The topological polar surface area (TPSA) is 65.0 Å². The van der Waals surface area contributed by atoms with Crippen molar-refractivity contribution >= 4 is 17.5 Å². The first-order chi connectivity index (χ1) is 14.7. The fraction of sp³-hybridized carbons (Fsp3) is 0.455. The Hall–Kier alpha value is -2.87. The molecule has 2 N–H and O–H groups in total. The van der Waals surface area contributed by atoms with Crippen LogP contribution in [-0.2, 0) is 11.3 Å². The molecule has 1 aromatic carbocycles. The Labute approximate surface area is 178 Å². The minimum Gasteiger partial charge on any atom is -0.383 e. The maximum Gasteiger partial charge on any atom is 0.191 e.